The van der Waals surface area contributed by atoms with E-state index < -0.39 is 18.3 Å². The Morgan fingerprint density at radius 1 is 0.948 bits per heavy atom. The molecule has 2 aromatic heterocycles. The normalized spacial score (nSPS) is 16.9. The quantitative estimate of drug-likeness (QED) is 0.0960. The van der Waals surface area contributed by atoms with Crippen LogP contribution >= 0.6 is 0 Å². The minimum absolute atomic E-state index is 0.109. The fourth-order valence-electron chi connectivity index (χ4n) is 7.87. The Hall–Kier alpha value is -4.62. The first-order valence-electron chi connectivity index (χ1n) is 20.6. The van der Waals surface area contributed by atoms with E-state index in [4.69, 9.17) is 14.1 Å². The molecule has 0 unspecified atom stereocenters. The number of nitrogens with zero attached hydrogens (tertiary/aromatic N) is 5. The summed E-state index contributed by atoms with van der Waals surface area (Å²) in [6, 6.07) is 20.8. The van der Waals surface area contributed by atoms with Gasteiger partial charge < -0.3 is 14.1 Å². The standard InChI is InChI=1S/C46H55N5O5SSi/c1-31-12-17-36(18-13-31)57(53,54)51-41(34-20-23-49(24-21-34)22-9-26-56-58(6,7)46(3,4)5)29-39-43(47-30-48-44(39)51)37-10-8-11-40(32(37)2)50-25-27-55-42-28-35(33-14-15-33)16-19-38(42)45(50)52/h8,10-13,16-20,28-30,33H,9,14-15,21-27H2,1-7H3. The Kier molecular flexibility index (Phi) is 10.7. The van der Waals surface area contributed by atoms with Crippen molar-refractivity contribution in [3.8, 4) is 17.0 Å². The van der Waals surface area contributed by atoms with Crippen molar-refractivity contribution in [1.82, 2.24) is 18.8 Å². The third-order valence-electron chi connectivity index (χ3n) is 12.6. The minimum atomic E-state index is -4.06. The average molecular weight is 818 g/mol. The van der Waals surface area contributed by atoms with Crippen molar-refractivity contribution >= 4 is 46.5 Å². The van der Waals surface area contributed by atoms with Crippen molar-refractivity contribution in [1.29, 1.82) is 0 Å². The van der Waals surface area contributed by atoms with Crippen LogP contribution in [0.5, 0.6) is 5.75 Å². The Morgan fingerprint density at radius 3 is 2.43 bits per heavy atom. The Balaban J connectivity index is 1.14. The molecule has 0 radical (unpaired) electrons. The number of ether oxygens (including phenoxy) is 1. The second kappa shape index (κ2) is 15.5. The number of carbonyl (C=O) groups excluding carboxylic acids is 1. The zero-order valence-corrected chi connectivity index (χ0v) is 36.7. The molecule has 1 saturated carbocycles. The summed E-state index contributed by atoms with van der Waals surface area (Å²) < 4.78 is 43.4. The third kappa shape index (κ3) is 7.67. The lowest BCUT2D eigenvalue weighted by Crippen LogP contribution is -2.41. The van der Waals surface area contributed by atoms with Crippen LogP contribution in [0.2, 0.25) is 18.1 Å². The molecule has 0 bridgehead atoms. The van der Waals surface area contributed by atoms with E-state index in [1.165, 1.54) is 28.7 Å². The van der Waals surface area contributed by atoms with Crippen LogP contribution in [-0.2, 0) is 14.4 Å². The maximum Gasteiger partial charge on any atom is 0.269 e. The second-order valence-corrected chi connectivity index (χ2v) is 24.2. The Labute approximate surface area is 344 Å². The van der Waals surface area contributed by atoms with Gasteiger partial charge in [0.05, 0.1) is 28.4 Å². The fraction of sp³-hybridized carbons (Fsp3) is 0.413. The van der Waals surface area contributed by atoms with Gasteiger partial charge >= 0.3 is 0 Å². The number of benzene rings is 3. The highest BCUT2D eigenvalue weighted by molar-refractivity contribution is 7.90. The first-order valence-corrected chi connectivity index (χ1v) is 24.9. The van der Waals surface area contributed by atoms with Crippen LogP contribution < -0.4 is 9.64 Å². The van der Waals surface area contributed by atoms with Crippen molar-refractivity contribution in [3.63, 3.8) is 0 Å². The molecule has 0 spiro atoms. The number of fused-ring (bicyclic) bond motifs is 2. The first-order chi connectivity index (χ1) is 27.6. The summed E-state index contributed by atoms with van der Waals surface area (Å²) in [5.41, 5.74) is 7.64. The molecule has 10 nitrogen and oxygen atoms in total. The molecule has 58 heavy (non-hydrogen) atoms. The Morgan fingerprint density at radius 2 is 1.72 bits per heavy atom. The minimum Gasteiger partial charge on any atom is -0.491 e. The van der Waals surface area contributed by atoms with Gasteiger partial charge in [0.2, 0.25) is 0 Å². The van der Waals surface area contributed by atoms with Crippen LogP contribution in [0, 0.1) is 13.8 Å². The zero-order chi connectivity index (χ0) is 41.0. The van der Waals surface area contributed by atoms with E-state index in [1.807, 2.05) is 62.4 Å². The summed E-state index contributed by atoms with van der Waals surface area (Å²) in [5.74, 6) is 1.09. The average Bonchev–Trinajstić information content (AvgIpc) is 3.99. The molecule has 3 aromatic carbocycles. The highest BCUT2D eigenvalue weighted by Crippen LogP contribution is 2.43. The van der Waals surface area contributed by atoms with Gasteiger partial charge in [0.15, 0.2) is 14.0 Å². The fourth-order valence-corrected chi connectivity index (χ4v) is 10.4. The summed E-state index contributed by atoms with van der Waals surface area (Å²) in [5, 5.41) is 0.801. The smallest absolute Gasteiger partial charge is 0.269 e. The van der Waals surface area contributed by atoms with E-state index in [1.54, 1.807) is 17.0 Å². The lowest BCUT2D eigenvalue weighted by atomic mass is 9.99. The molecule has 12 heteroatoms. The molecule has 1 fully saturated rings. The lowest BCUT2D eigenvalue weighted by molar-refractivity contribution is 0.0989. The van der Waals surface area contributed by atoms with E-state index in [9.17, 15) is 13.2 Å². The van der Waals surface area contributed by atoms with Gasteiger partial charge in [-0.2, -0.15) is 0 Å². The van der Waals surface area contributed by atoms with Gasteiger partial charge in [0.25, 0.3) is 15.9 Å². The van der Waals surface area contributed by atoms with Gasteiger partial charge in [0, 0.05) is 42.9 Å². The van der Waals surface area contributed by atoms with E-state index >= 15 is 0 Å². The SMILES string of the molecule is Cc1ccc(S(=O)(=O)n2c(C3=CCN(CCCO[Si](C)(C)C(C)(C)C)CC3)cc3c(-c4cccc(N5CCOc6cc(C7CC7)ccc6C5=O)c4C)ncnc32)cc1. The molecule has 4 heterocycles. The van der Waals surface area contributed by atoms with Crippen molar-refractivity contribution in [3.05, 3.63) is 107 Å². The molecule has 304 valence electrons. The number of amides is 1. The number of hydrogen-bond acceptors (Lipinski definition) is 8. The predicted molar refractivity (Wildman–Crippen MR) is 234 cm³/mol. The highest BCUT2D eigenvalue weighted by atomic mass is 32.2. The number of aryl methyl sites for hydroxylation is 1. The van der Waals surface area contributed by atoms with E-state index in [0.29, 0.717) is 65.8 Å². The topological polar surface area (TPSA) is 107 Å². The molecular formula is C46H55N5O5SSi. The summed E-state index contributed by atoms with van der Waals surface area (Å²) in [4.78, 5) is 28.0. The van der Waals surface area contributed by atoms with Crippen LogP contribution in [0.15, 0.2) is 84.0 Å². The third-order valence-corrected chi connectivity index (χ3v) is 18.8. The molecule has 0 N–H and O–H groups in total. The van der Waals surface area contributed by atoms with Gasteiger partial charge in [-0.25, -0.2) is 22.4 Å². The van der Waals surface area contributed by atoms with Crippen molar-refractivity contribution in [2.75, 3.05) is 44.3 Å². The molecular weight excluding hydrogens is 763 g/mol. The monoisotopic (exact) mass is 817 g/mol. The van der Waals surface area contributed by atoms with Crippen LogP contribution in [-0.4, -0.2) is 80.9 Å². The van der Waals surface area contributed by atoms with Crippen LogP contribution in [0.3, 0.4) is 0 Å². The van der Waals surface area contributed by atoms with E-state index in [-0.39, 0.29) is 15.8 Å². The summed E-state index contributed by atoms with van der Waals surface area (Å²) in [7, 11) is -5.87. The second-order valence-electron chi connectivity index (χ2n) is 17.6. The van der Waals surface area contributed by atoms with Gasteiger partial charge in [-0.05, 0) is 117 Å². The maximum atomic E-state index is 14.7. The highest BCUT2D eigenvalue weighted by Gasteiger charge is 2.37. The molecule has 5 aromatic rings. The Bertz CT molecular complexity index is 2520. The molecule has 1 amide bonds. The number of rotatable bonds is 11. The van der Waals surface area contributed by atoms with Gasteiger partial charge in [-0.3, -0.25) is 9.69 Å². The molecule has 8 rings (SSSR count). The van der Waals surface area contributed by atoms with E-state index in [2.05, 4.69) is 55.9 Å². The van der Waals surface area contributed by atoms with Crippen molar-refractivity contribution in [2.24, 2.45) is 0 Å². The number of hydrogen-bond donors (Lipinski definition) is 0. The van der Waals surface area contributed by atoms with Crippen LogP contribution in [0.1, 0.15) is 85.1 Å². The zero-order valence-electron chi connectivity index (χ0n) is 34.8. The van der Waals surface area contributed by atoms with Crippen molar-refractivity contribution in [2.45, 2.75) is 89.2 Å². The lowest BCUT2D eigenvalue weighted by Gasteiger charge is -2.36. The van der Waals surface area contributed by atoms with Crippen LogP contribution in [0.4, 0.5) is 5.69 Å². The predicted octanol–water partition coefficient (Wildman–Crippen LogP) is 9.37. The number of carbonyl (C=O) groups is 1. The first kappa shape index (κ1) is 40.2. The van der Waals surface area contributed by atoms with Gasteiger partial charge in [-0.15, -0.1) is 0 Å². The van der Waals surface area contributed by atoms with Gasteiger partial charge in [0.1, 0.15) is 18.7 Å². The molecule has 0 saturated heterocycles. The van der Waals surface area contributed by atoms with Gasteiger partial charge in [-0.1, -0.05) is 62.7 Å². The largest absolute Gasteiger partial charge is 0.491 e. The van der Waals surface area contributed by atoms with E-state index in [0.717, 1.165) is 54.1 Å². The van der Waals surface area contributed by atoms with Crippen molar-refractivity contribution < 1.29 is 22.4 Å². The summed E-state index contributed by atoms with van der Waals surface area (Å²) >= 11 is 0. The summed E-state index contributed by atoms with van der Waals surface area (Å²) in [6.45, 7) is 19.2. The number of aromatic nitrogens is 3. The maximum absolute atomic E-state index is 14.7. The molecule has 0 atom stereocenters. The molecule has 3 aliphatic rings. The number of anilines is 1. The summed E-state index contributed by atoms with van der Waals surface area (Å²) in [6.07, 6.45) is 7.58. The van der Waals surface area contributed by atoms with Crippen LogP contribution in [0.25, 0.3) is 27.9 Å². The molecule has 1 aliphatic carbocycles. The molecule has 2 aliphatic heterocycles.